The van der Waals surface area contributed by atoms with Gasteiger partial charge in [0, 0.05) is 11.5 Å². The van der Waals surface area contributed by atoms with Crippen molar-refractivity contribution in [2.24, 2.45) is 0 Å². The van der Waals surface area contributed by atoms with E-state index in [1.165, 1.54) is 0 Å². The largest absolute Gasteiger partial charge is 0.483 e. The molecule has 0 aliphatic carbocycles. The van der Waals surface area contributed by atoms with E-state index >= 15 is 0 Å². The van der Waals surface area contributed by atoms with Gasteiger partial charge in [0.25, 0.3) is 0 Å². The predicted octanol–water partition coefficient (Wildman–Crippen LogP) is -0.361. The standard InChI is InChI=1S/CHN3OS/c5-1-2-3-4-6-1/h(H,2,4,5). The van der Waals surface area contributed by atoms with Gasteiger partial charge in [-0.1, -0.05) is 9.59 Å². The van der Waals surface area contributed by atoms with Crippen molar-refractivity contribution in [3.8, 4) is 5.19 Å². The number of hydrogen-bond acceptors (Lipinski definition) is 5. The Kier molecular flexibility index (Phi) is 0.681. The molecule has 32 valence electrons. The van der Waals surface area contributed by atoms with Gasteiger partial charge in [0.2, 0.25) is 0 Å². The molecule has 0 saturated heterocycles. The van der Waals surface area contributed by atoms with Crippen LogP contribution in [0.1, 0.15) is 0 Å². The van der Waals surface area contributed by atoms with Crippen LogP contribution in [0, 0.1) is 0 Å². The molecule has 6 heavy (non-hydrogen) atoms. The van der Waals surface area contributed by atoms with Crippen LogP contribution < -0.4 is 0 Å². The Balaban J connectivity index is 3.05. The first-order valence-electron chi connectivity index (χ1n) is 1.23. The smallest absolute Gasteiger partial charge is 0.311 e. The molecule has 0 amide bonds. The summed E-state index contributed by atoms with van der Waals surface area (Å²) in [5.41, 5.74) is 0. The van der Waals surface area contributed by atoms with Gasteiger partial charge < -0.3 is 5.11 Å². The molecular weight excluding hydrogens is 102 g/mol. The molecule has 0 radical (unpaired) electrons. The highest BCUT2D eigenvalue weighted by molar-refractivity contribution is 7.06. The molecular formula is CHN3OS. The van der Waals surface area contributed by atoms with E-state index in [-0.39, 0.29) is 5.19 Å². The molecule has 1 N–H and O–H groups in total. The van der Waals surface area contributed by atoms with Gasteiger partial charge in [0.15, 0.2) is 0 Å². The second-order valence-corrected chi connectivity index (χ2v) is 1.36. The van der Waals surface area contributed by atoms with Crippen LogP contribution in [0.3, 0.4) is 0 Å². The van der Waals surface area contributed by atoms with Crippen LogP contribution in [0.5, 0.6) is 5.19 Å². The first-order chi connectivity index (χ1) is 2.89. The zero-order valence-corrected chi connectivity index (χ0v) is 3.51. The Morgan fingerprint density at radius 1 is 1.67 bits per heavy atom. The molecule has 0 aromatic carbocycles. The Morgan fingerprint density at radius 2 is 2.50 bits per heavy atom. The van der Waals surface area contributed by atoms with Crippen LogP contribution >= 0.6 is 11.5 Å². The molecule has 0 saturated carbocycles. The van der Waals surface area contributed by atoms with Gasteiger partial charge in [0.1, 0.15) is 0 Å². The lowest BCUT2D eigenvalue weighted by Gasteiger charge is -1.60. The highest BCUT2D eigenvalue weighted by atomic mass is 32.1. The van der Waals surface area contributed by atoms with Crippen LogP contribution in [0.2, 0.25) is 0 Å². The van der Waals surface area contributed by atoms with Crippen molar-refractivity contribution in [3.05, 3.63) is 0 Å². The van der Waals surface area contributed by atoms with Crippen molar-refractivity contribution in [2.45, 2.75) is 0 Å². The quantitative estimate of drug-likeness (QED) is 0.487. The summed E-state index contributed by atoms with van der Waals surface area (Å²) in [5, 5.41) is 14.4. The minimum atomic E-state index is -0.0880. The Morgan fingerprint density at radius 3 is 2.67 bits per heavy atom. The summed E-state index contributed by atoms with van der Waals surface area (Å²) >= 11 is 0.861. The fraction of sp³-hybridized carbons (Fsp3) is 0. The van der Waals surface area contributed by atoms with Crippen LogP contribution in [-0.4, -0.2) is 19.9 Å². The van der Waals surface area contributed by atoms with Crippen molar-refractivity contribution in [1.29, 1.82) is 0 Å². The molecule has 0 fully saturated rings. The summed E-state index contributed by atoms with van der Waals surface area (Å²) in [4.78, 5) is 0. The first-order valence-corrected chi connectivity index (χ1v) is 2.01. The molecule has 1 heterocycles. The lowest BCUT2D eigenvalue weighted by molar-refractivity contribution is 0.464. The monoisotopic (exact) mass is 103 g/mol. The third-order valence-electron chi connectivity index (χ3n) is 0.289. The van der Waals surface area contributed by atoms with Gasteiger partial charge in [-0.25, -0.2) is 0 Å². The highest BCUT2D eigenvalue weighted by Gasteiger charge is 1.84. The van der Waals surface area contributed by atoms with E-state index in [1.807, 2.05) is 0 Å². The molecule has 1 aromatic heterocycles. The molecule has 0 bridgehead atoms. The van der Waals surface area contributed by atoms with E-state index in [4.69, 9.17) is 5.11 Å². The maximum Gasteiger partial charge on any atom is 0.311 e. The van der Waals surface area contributed by atoms with Crippen LogP contribution in [0.4, 0.5) is 0 Å². The number of aromatic hydroxyl groups is 1. The summed E-state index contributed by atoms with van der Waals surface area (Å²) in [6.07, 6.45) is 0. The minimum Gasteiger partial charge on any atom is -0.483 e. The summed E-state index contributed by atoms with van der Waals surface area (Å²) in [5.74, 6) is 0. The van der Waals surface area contributed by atoms with Gasteiger partial charge in [0.05, 0.1) is 0 Å². The third-order valence-corrected chi connectivity index (χ3v) is 0.689. The average Bonchev–Trinajstić information content (AvgIpc) is 1.86. The number of hydrogen-bond donors (Lipinski definition) is 1. The maximum atomic E-state index is 8.25. The van der Waals surface area contributed by atoms with Gasteiger partial charge in [-0.05, 0) is 5.21 Å². The zero-order valence-electron chi connectivity index (χ0n) is 2.70. The molecule has 5 heteroatoms. The van der Waals surface area contributed by atoms with Crippen molar-refractivity contribution in [3.63, 3.8) is 0 Å². The molecule has 0 spiro atoms. The van der Waals surface area contributed by atoms with E-state index in [2.05, 4.69) is 14.8 Å². The molecule has 0 atom stereocenters. The predicted molar refractivity (Wildman–Crippen MR) is 19.4 cm³/mol. The lowest BCUT2D eigenvalue weighted by atomic mass is 11.5. The minimum absolute atomic E-state index is 0.0880. The van der Waals surface area contributed by atoms with Gasteiger partial charge in [-0.3, -0.25) is 0 Å². The van der Waals surface area contributed by atoms with Gasteiger partial charge >= 0.3 is 5.19 Å². The van der Waals surface area contributed by atoms with Crippen molar-refractivity contribution >= 4 is 11.5 Å². The van der Waals surface area contributed by atoms with E-state index < -0.39 is 0 Å². The second-order valence-electron chi connectivity index (χ2n) is 0.645. The summed E-state index contributed by atoms with van der Waals surface area (Å²) in [6, 6.07) is 0. The van der Waals surface area contributed by atoms with E-state index in [1.54, 1.807) is 0 Å². The first kappa shape index (κ1) is 3.48. The SMILES string of the molecule is Oc1nnns1. The lowest BCUT2D eigenvalue weighted by Crippen LogP contribution is -1.63. The topological polar surface area (TPSA) is 58.9 Å². The fourth-order valence-electron chi connectivity index (χ4n) is 0.130. The summed E-state index contributed by atoms with van der Waals surface area (Å²) in [7, 11) is 0. The number of nitrogens with zero attached hydrogens (tertiary/aromatic N) is 3. The fourth-order valence-corrected chi connectivity index (χ4v) is 0.349. The van der Waals surface area contributed by atoms with Gasteiger partial charge in [-0.2, -0.15) is 0 Å². The maximum absolute atomic E-state index is 8.25. The normalized spacial score (nSPS) is 8.67. The molecule has 0 aliphatic heterocycles. The Bertz CT molecular complexity index is 114. The molecule has 1 rings (SSSR count). The van der Waals surface area contributed by atoms with Crippen LogP contribution in [-0.2, 0) is 0 Å². The van der Waals surface area contributed by atoms with E-state index in [0.717, 1.165) is 11.5 Å². The molecule has 0 aliphatic rings. The van der Waals surface area contributed by atoms with E-state index in [0.29, 0.717) is 0 Å². The number of aromatic nitrogens is 3. The van der Waals surface area contributed by atoms with Crippen LogP contribution in [0.15, 0.2) is 0 Å². The molecule has 1 aromatic rings. The Hall–Kier alpha value is -0.710. The van der Waals surface area contributed by atoms with Crippen LogP contribution in [0.25, 0.3) is 0 Å². The average molecular weight is 103 g/mol. The summed E-state index contributed by atoms with van der Waals surface area (Å²) in [6.45, 7) is 0. The summed E-state index contributed by atoms with van der Waals surface area (Å²) < 4.78 is 3.25. The molecule has 4 nitrogen and oxygen atoms in total. The highest BCUT2D eigenvalue weighted by Crippen LogP contribution is 2.01. The second kappa shape index (κ2) is 1.17. The van der Waals surface area contributed by atoms with Crippen molar-refractivity contribution in [2.75, 3.05) is 0 Å². The Labute approximate surface area is 37.6 Å². The zero-order chi connectivity index (χ0) is 4.41. The third kappa shape index (κ3) is 0.436. The van der Waals surface area contributed by atoms with Gasteiger partial charge in [-0.15, -0.1) is 0 Å². The number of rotatable bonds is 0. The van der Waals surface area contributed by atoms with Crippen molar-refractivity contribution in [1.82, 2.24) is 14.8 Å². The van der Waals surface area contributed by atoms with Crippen molar-refractivity contribution < 1.29 is 5.11 Å². The molecule has 0 unspecified atom stereocenters. The van der Waals surface area contributed by atoms with E-state index in [9.17, 15) is 0 Å².